The van der Waals surface area contributed by atoms with Crippen molar-refractivity contribution in [1.29, 1.82) is 0 Å². The van der Waals surface area contributed by atoms with E-state index in [0.717, 1.165) is 44.9 Å². The first-order valence-corrected chi connectivity index (χ1v) is 11.2. The molecule has 4 heteroatoms. The van der Waals surface area contributed by atoms with Crippen molar-refractivity contribution >= 4 is 5.78 Å². The van der Waals surface area contributed by atoms with Gasteiger partial charge in [0.25, 0.3) is 0 Å². The van der Waals surface area contributed by atoms with Crippen LogP contribution in [0, 0.1) is 28.6 Å². The Kier molecular flexibility index (Phi) is 4.92. The average molecular weight is 389 g/mol. The Morgan fingerprint density at radius 2 is 2.04 bits per heavy atom. The van der Waals surface area contributed by atoms with E-state index in [4.69, 9.17) is 0 Å². The second-order valence-corrected chi connectivity index (χ2v) is 10.2. The van der Waals surface area contributed by atoms with Gasteiger partial charge < -0.3 is 15.3 Å². The number of fused-ring (bicyclic) bond motifs is 5. The molecule has 4 aliphatic rings. The summed E-state index contributed by atoms with van der Waals surface area (Å²) in [5, 5.41) is 31.5. The van der Waals surface area contributed by atoms with Gasteiger partial charge in [0.15, 0.2) is 5.78 Å². The molecule has 4 rings (SSSR count). The molecule has 0 aromatic rings. The number of Topliss-reactive ketones (excluding diaryl/α,β-unsaturated/α-hetero) is 1. The van der Waals surface area contributed by atoms with Gasteiger partial charge in [-0.25, -0.2) is 0 Å². The second-order valence-electron chi connectivity index (χ2n) is 10.2. The van der Waals surface area contributed by atoms with Crippen molar-refractivity contribution in [2.24, 2.45) is 28.6 Å². The van der Waals surface area contributed by atoms with Crippen molar-refractivity contribution in [2.75, 3.05) is 6.61 Å². The molecule has 2 fully saturated rings. The summed E-state index contributed by atoms with van der Waals surface area (Å²) in [4.78, 5) is 12.8. The van der Waals surface area contributed by atoms with Crippen LogP contribution < -0.4 is 0 Å². The highest BCUT2D eigenvalue weighted by Gasteiger charge is 2.67. The Balaban J connectivity index is 1.76. The maximum Gasteiger partial charge on any atom is 0.190 e. The zero-order chi connectivity index (χ0) is 20.3. The van der Waals surface area contributed by atoms with E-state index < -0.39 is 23.4 Å². The first-order valence-electron chi connectivity index (χ1n) is 11.2. The number of aliphatic hydroxyl groups is 3. The number of allylic oxidation sites excluding steroid dienone is 3. The fraction of sp³-hybridized carbons (Fsp3) is 0.792. The zero-order valence-electron chi connectivity index (χ0n) is 17.6. The molecule has 156 valence electrons. The molecule has 2 saturated carbocycles. The predicted octanol–water partition coefficient (Wildman–Crippen LogP) is 3.55. The Morgan fingerprint density at radius 1 is 1.29 bits per heavy atom. The molecular weight excluding hydrogens is 352 g/mol. The van der Waals surface area contributed by atoms with Crippen molar-refractivity contribution in [2.45, 2.75) is 83.8 Å². The molecule has 7 atom stereocenters. The number of carbonyl (C=O) groups is 1. The highest BCUT2D eigenvalue weighted by molar-refractivity contribution is 5.90. The lowest BCUT2D eigenvalue weighted by Gasteiger charge is -2.55. The lowest BCUT2D eigenvalue weighted by Crippen LogP contribution is -2.58. The lowest BCUT2D eigenvalue weighted by atomic mass is 9.50. The summed E-state index contributed by atoms with van der Waals surface area (Å²) in [7, 11) is 0. The van der Waals surface area contributed by atoms with E-state index in [9.17, 15) is 20.1 Å². The van der Waals surface area contributed by atoms with Gasteiger partial charge in [0.05, 0.1) is 6.10 Å². The largest absolute Gasteiger partial charge is 0.389 e. The Bertz CT molecular complexity index is 724. The molecule has 4 nitrogen and oxygen atoms in total. The fourth-order valence-corrected chi connectivity index (χ4v) is 7.52. The van der Waals surface area contributed by atoms with Crippen LogP contribution >= 0.6 is 0 Å². The Morgan fingerprint density at radius 3 is 2.71 bits per heavy atom. The van der Waals surface area contributed by atoms with E-state index in [1.54, 1.807) is 0 Å². The quantitative estimate of drug-likeness (QED) is 0.644. The van der Waals surface area contributed by atoms with Crippen LogP contribution in [-0.2, 0) is 4.79 Å². The molecule has 0 amide bonds. The summed E-state index contributed by atoms with van der Waals surface area (Å²) in [6.45, 7) is 5.94. The number of ketones is 1. The topological polar surface area (TPSA) is 77.8 Å². The van der Waals surface area contributed by atoms with E-state index in [1.807, 2.05) is 0 Å². The van der Waals surface area contributed by atoms with Crippen LogP contribution in [0.15, 0.2) is 23.3 Å². The molecule has 4 aliphatic carbocycles. The number of aliphatic hydroxyl groups excluding tert-OH is 2. The van der Waals surface area contributed by atoms with Crippen LogP contribution in [0.4, 0.5) is 0 Å². The first kappa shape index (κ1) is 20.3. The lowest BCUT2D eigenvalue weighted by molar-refractivity contribution is -0.162. The standard InChI is InChI=1S/C24H36O4/c1-4-5-16-13-20-18-7-6-15-12-17(26)8-10-22(15,2)19(18)9-11-23(20,3)24(16,28)21(27)14-25/h9,12,16-18,20,25-26,28H,4-8,10-11,13-14H2,1-3H3/t16-,17?,18?,20?,22+,23+,24+/m1/s1. The number of hydrogen-bond acceptors (Lipinski definition) is 4. The molecule has 0 bridgehead atoms. The predicted molar refractivity (Wildman–Crippen MR) is 109 cm³/mol. The van der Waals surface area contributed by atoms with Crippen molar-refractivity contribution in [3.8, 4) is 0 Å². The van der Waals surface area contributed by atoms with Crippen LogP contribution in [0.2, 0.25) is 0 Å². The van der Waals surface area contributed by atoms with E-state index >= 15 is 0 Å². The minimum Gasteiger partial charge on any atom is -0.389 e. The number of rotatable bonds is 4. The van der Waals surface area contributed by atoms with Crippen LogP contribution in [0.5, 0.6) is 0 Å². The minimum atomic E-state index is -1.43. The third-order valence-electron chi connectivity index (χ3n) is 9.06. The van der Waals surface area contributed by atoms with Crippen molar-refractivity contribution in [3.63, 3.8) is 0 Å². The molecule has 3 unspecified atom stereocenters. The monoisotopic (exact) mass is 388 g/mol. The molecule has 0 spiro atoms. The molecule has 0 heterocycles. The summed E-state index contributed by atoms with van der Waals surface area (Å²) in [5.74, 6) is 0.194. The molecule has 0 radical (unpaired) electrons. The van der Waals surface area contributed by atoms with Crippen LogP contribution in [0.3, 0.4) is 0 Å². The van der Waals surface area contributed by atoms with Crippen LogP contribution in [0.25, 0.3) is 0 Å². The zero-order valence-corrected chi connectivity index (χ0v) is 17.6. The summed E-state index contributed by atoms with van der Waals surface area (Å²) in [6.07, 6.45) is 11.2. The van der Waals surface area contributed by atoms with Gasteiger partial charge in [-0.05, 0) is 62.7 Å². The normalized spacial score (nSPS) is 47.5. The highest BCUT2D eigenvalue weighted by atomic mass is 16.3. The SMILES string of the molecule is CCC[C@@H]1CC2C3CCC4=CC(O)CC[C@]4(C)C3=CC[C@]2(C)[C@@]1(O)C(=O)CO. The van der Waals surface area contributed by atoms with E-state index in [1.165, 1.54) is 11.1 Å². The van der Waals surface area contributed by atoms with E-state index in [2.05, 4.69) is 32.9 Å². The molecule has 3 N–H and O–H groups in total. The van der Waals surface area contributed by atoms with Crippen molar-refractivity contribution < 1.29 is 20.1 Å². The molecular formula is C24H36O4. The molecule has 0 aromatic heterocycles. The van der Waals surface area contributed by atoms with Gasteiger partial charge in [0.2, 0.25) is 0 Å². The summed E-state index contributed by atoms with van der Waals surface area (Å²) >= 11 is 0. The summed E-state index contributed by atoms with van der Waals surface area (Å²) in [5.41, 5.74) is 0.944. The van der Waals surface area contributed by atoms with Gasteiger partial charge >= 0.3 is 0 Å². The van der Waals surface area contributed by atoms with Gasteiger partial charge in [0, 0.05) is 10.8 Å². The second kappa shape index (κ2) is 6.78. The van der Waals surface area contributed by atoms with E-state index in [0.29, 0.717) is 12.3 Å². The van der Waals surface area contributed by atoms with E-state index in [-0.39, 0.29) is 23.4 Å². The van der Waals surface area contributed by atoms with Crippen LogP contribution in [0.1, 0.15) is 72.1 Å². The molecule has 0 aliphatic heterocycles. The maximum atomic E-state index is 12.8. The smallest absolute Gasteiger partial charge is 0.190 e. The summed E-state index contributed by atoms with van der Waals surface area (Å²) in [6, 6.07) is 0. The molecule has 28 heavy (non-hydrogen) atoms. The fourth-order valence-electron chi connectivity index (χ4n) is 7.52. The minimum absolute atomic E-state index is 0.0193. The highest BCUT2D eigenvalue weighted by Crippen LogP contribution is 2.67. The first-order chi connectivity index (χ1) is 13.2. The van der Waals surface area contributed by atoms with Crippen molar-refractivity contribution in [3.05, 3.63) is 23.3 Å². The third-order valence-corrected chi connectivity index (χ3v) is 9.06. The maximum absolute atomic E-state index is 12.8. The van der Waals surface area contributed by atoms with Gasteiger partial charge in [-0.3, -0.25) is 4.79 Å². The molecule has 0 aromatic carbocycles. The number of hydrogen-bond donors (Lipinski definition) is 3. The number of carbonyl (C=O) groups excluding carboxylic acids is 1. The third kappa shape index (κ3) is 2.50. The Hall–Kier alpha value is -0.970. The van der Waals surface area contributed by atoms with Gasteiger partial charge in [-0.2, -0.15) is 0 Å². The van der Waals surface area contributed by atoms with Crippen LogP contribution in [-0.4, -0.2) is 39.4 Å². The molecule has 0 saturated heterocycles. The van der Waals surface area contributed by atoms with Gasteiger partial charge in [-0.1, -0.05) is 50.5 Å². The van der Waals surface area contributed by atoms with Gasteiger partial charge in [-0.15, -0.1) is 0 Å². The van der Waals surface area contributed by atoms with Crippen molar-refractivity contribution in [1.82, 2.24) is 0 Å². The van der Waals surface area contributed by atoms with Gasteiger partial charge in [0.1, 0.15) is 12.2 Å². The Labute approximate surface area is 168 Å². The average Bonchev–Trinajstić information content (AvgIpc) is 2.90. The summed E-state index contributed by atoms with van der Waals surface area (Å²) < 4.78 is 0.